The Bertz CT molecular complexity index is 1010. The van der Waals surface area contributed by atoms with Gasteiger partial charge in [-0.1, -0.05) is 36.4 Å². The van der Waals surface area contributed by atoms with Gasteiger partial charge in [0.05, 0.1) is 24.0 Å². The summed E-state index contributed by atoms with van der Waals surface area (Å²) in [5.74, 6) is 0.128. The van der Waals surface area contributed by atoms with E-state index in [0.29, 0.717) is 19.0 Å². The molecule has 3 aromatic rings. The molecule has 0 bridgehead atoms. The summed E-state index contributed by atoms with van der Waals surface area (Å²) in [4.78, 5) is 4.64. The summed E-state index contributed by atoms with van der Waals surface area (Å²) >= 11 is 0. The monoisotopic (exact) mass is 409 g/mol. The molecule has 0 aliphatic rings. The minimum atomic E-state index is -0.975. The molecule has 158 valence electrons. The number of aliphatic hydroxyl groups excluding tert-OH is 1. The number of halogens is 1. The number of aliphatic imine (C=N–C) groups is 1. The largest absolute Gasteiger partial charge is 0.386 e. The predicted octanol–water partition coefficient (Wildman–Crippen LogP) is 3.42. The molecule has 6 nitrogen and oxygen atoms in total. The molecule has 1 atom stereocenters. The lowest BCUT2D eigenvalue weighted by atomic mass is 10.1. The molecule has 0 saturated carbocycles. The molecule has 1 unspecified atom stereocenters. The highest BCUT2D eigenvalue weighted by Gasteiger charge is 2.13. The number of aryl methyl sites for hydroxylation is 2. The maximum absolute atomic E-state index is 13.9. The van der Waals surface area contributed by atoms with Gasteiger partial charge in [0.15, 0.2) is 5.96 Å². The summed E-state index contributed by atoms with van der Waals surface area (Å²) in [5.41, 5.74) is 4.28. The van der Waals surface area contributed by atoms with E-state index >= 15 is 0 Å². The van der Waals surface area contributed by atoms with Crippen LogP contribution in [0, 0.1) is 19.7 Å². The maximum Gasteiger partial charge on any atom is 0.191 e. The number of nitrogens with zero attached hydrogens (tertiary/aromatic N) is 3. The Morgan fingerprint density at radius 1 is 1.13 bits per heavy atom. The molecule has 0 aliphatic carbocycles. The molecule has 1 heterocycles. The van der Waals surface area contributed by atoms with Gasteiger partial charge in [-0.15, -0.1) is 0 Å². The molecule has 7 heteroatoms. The summed E-state index contributed by atoms with van der Waals surface area (Å²) in [5, 5.41) is 21.2. The van der Waals surface area contributed by atoms with Gasteiger partial charge in [0.2, 0.25) is 0 Å². The Morgan fingerprint density at radius 3 is 2.57 bits per heavy atom. The first kappa shape index (κ1) is 21.5. The van der Waals surface area contributed by atoms with Crippen molar-refractivity contribution in [2.24, 2.45) is 4.99 Å². The van der Waals surface area contributed by atoms with Crippen molar-refractivity contribution < 1.29 is 9.50 Å². The highest BCUT2D eigenvalue weighted by molar-refractivity contribution is 5.79. The van der Waals surface area contributed by atoms with Gasteiger partial charge in [-0.25, -0.2) is 14.1 Å². The summed E-state index contributed by atoms with van der Waals surface area (Å²) in [6.07, 6.45) is -0.975. The van der Waals surface area contributed by atoms with Crippen molar-refractivity contribution in [1.82, 2.24) is 20.4 Å². The topological polar surface area (TPSA) is 74.5 Å². The minimum absolute atomic E-state index is 0.145. The second-order valence-electron chi connectivity index (χ2n) is 7.08. The summed E-state index contributed by atoms with van der Waals surface area (Å²) in [6.45, 7) is 7.20. The molecule has 0 radical (unpaired) electrons. The van der Waals surface area contributed by atoms with Gasteiger partial charge in [-0.3, -0.25) is 0 Å². The molecule has 2 aromatic carbocycles. The normalized spacial score (nSPS) is 12.6. The standard InChI is InChI=1S/C23H28FN5O/c1-4-25-23(27-15-22(30)19-10-6-7-11-20(19)24)26-14-18-9-5-8-12-21(18)29-17(3)13-16(2)28-29/h5-13,22,30H,4,14-15H2,1-3H3,(H2,25,26,27). The Balaban J connectivity index is 1.74. The van der Waals surface area contributed by atoms with Crippen molar-refractivity contribution >= 4 is 5.96 Å². The number of rotatable bonds is 7. The van der Waals surface area contributed by atoms with Crippen LogP contribution in [0.15, 0.2) is 59.6 Å². The Labute approximate surface area is 176 Å². The molecule has 0 saturated heterocycles. The third kappa shape index (κ3) is 5.24. The zero-order valence-corrected chi connectivity index (χ0v) is 17.6. The number of aliphatic hydroxyl groups is 1. The maximum atomic E-state index is 13.9. The van der Waals surface area contributed by atoms with E-state index in [0.717, 1.165) is 22.6 Å². The lowest BCUT2D eigenvalue weighted by Crippen LogP contribution is -2.39. The number of nitrogens with one attached hydrogen (secondary N) is 2. The van der Waals surface area contributed by atoms with Crippen molar-refractivity contribution in [3.8, 4) is 5.69 Å². The molecule has 0 amide bonds. The van der Waals surface area contributed by atoms with E-state index in [1.165, 1.54) is 6.07 Å². The van der Waals surface area contributed by atoms with E-state index in [-0.39, 0.29) is 12.1 Å². The van der Waals surface area contributed by atoms with E-state index in [2.05, 4.69) is 20.7 Å². The van der Waals surface area contributed by atoms with Crippen LogP contribution >= 0.6 is 0 Å². The molecule has 1 aromatic heterocycles. The van der Waals surface area contributed by atoms with Crippen LogP contribution in [-0.2, 0) is 6.54 Å². The van der Waals surface area contributed by atoms with E-state index in [1.807, 2.05) is 55.8 Å². The molecular formula is C23H28FN5O. The molecule has 30 heavy (non-hydrogen) atoms. The van der Waals surface area contributed by atoms with E-state index < -0.39 is 11.9 Å². The van der Waals surface area contributed by atoms with Crippen molar-refractivity contribution in [3.63, 3.8) is 0 Å². The molecule has 3 N–H and O–H groups in total. The van der Waals surface area contributed by atoms with Crippen LogP contribution in [0.2, 0.25) is 0 Å². The lowest BCUT2D eigenvalue weighted by molar-refractivity contribution is 0.176. The second-order valence-corrected chi connectivity index (χ2v) is 7.08. The third-order valence-corrected chi connectivity index (χ3v) is 4.71. The van der Waals surface area contributed by atoms with Gasteiger partial charge in [0.1, 0.15) is 5.82 Å². The van der Waals surface area contributed by atoms with Crippen molar-refractivity contribution in [3.05, 3.63) is 82.9 Å². The third-order valence-electron chi connectivity index (χ3n) is 4.71. The molecular weight excluding hydrogens is 381 g/mol. The second kappa shape index (κ2) is 10.0. The fraction of sp³-hybridized carbons (Fsp3) is 0.304. The molecule has 0 spiro atoms. The average Bonchev–Trinajstić information content (AvgIpc) is 3.08. The summed E-state index contributed by atoms with van der Waals surface area (Å²) < 4.78 is 15.8. The Hall–Kier alpha value is -3.19. The van der Waals surface area contributed by atoms with Crippen molar-refractivity contribution in [2.75, 3.05) is 13.1 Å². The average molecular weight is 410 g/mol. The van der Waals surface area contributed by atoms with Crippen LogP contribution < -0.4 is 10.6 Å². The van der Waals surface area contributed by atoms with Gasteiger partial charge in [-0.2, -0.15) is 5.10 Å². The fourth-order valence-electron chi connectivity index (χ4n) is 3.28. The van der Waals surface area contributed by atoms with Crippen LogP contribution in [0.1, 0.15) is 35.5 Å². The SMILES string of the molecule is CCNC(=NCc1ccccc1-n1nc(C)cc1C)NCC(O)c1ccccc1F. The highest BCUT2D eigenvalue weighted by Crippen LogP contribution is 2.18. The molecule has 3 rings (SSSR count). The Kier molecular flexibility index (Phi) is 7.19. The van der Waals surface area contributed by atoms with Gasteiger partial charge in [0.25, 0.3) is 0 Å². The van der Waals surface area contributed by atoms with Crippen molar-refractivity contribution in [2.45, 2.75) is 33.4 Å². The van der Waals surface area contributed by atoms with Crippen LogP contribution in [0.25, 0.3) is 5.69 Å². The van der Waals surface area contributed by atoms with Crippen LogP contribution in [0.3, 0.4) is 0 Å². The summed E-state index contributed by atoms with van der Waals surface area (Å²) in [6, 6.07) is 16.3. The van der Waals surface area contributed by atoms with Gasteiger partial charge in [-0.05, 0) is 44.5 Å². The first-order valence-corrected chi connectivity index (χ1v) is 10.1. The van der Waals surface area contributed by atoms with E-state index in [1.54, 1.807) is 18.2 Å². The van der Waals surface area contributed by atoms with Crippen LogP contribution in [-0.4, -0.2) is 33.9 Å². The zero-order chi connectivity index (χ0) is 21.5. The number of para-hydroxylation sites is 1. The number of hydrogen-bond donors (Lipinski definition) is 3. The fourth-order valence-corrected chi connectivity index (χ4v) is 3.28. The summed E-state index contributed by atoms with van der Waals surface area (Å²) in [7, 11) is 0. The predicted molar refractivity (Wildman–Crippen MR) is 117 cm³/mol. The number of benzene rings is 2. The molecule has 0 fully saturated rings. The first-order chi connectivity index (χ1) is 14.5. The highest BCUT2D eigenvalue weighted by atomic mass is 19.1. The Morgan fingerprint density at radius 2 is 1.87 bits per heavy atom. The van der Waals surface area contributed by atoms with Gasteiger partial charge < -0.3 is 15.7 Å². The van der Waals surface area contributed by atoms with Crippen LogP contribution in [0.5, 0.6) is 0 Å². The first-order valence-electron chi connectivity index (χ1n) is 10.1. The quantitative estimate of drug-likeness (QED) is 0.413. The minimum Gasteiger partial charge on any atom is -0.386 e. The van der Waals surface area contributed by atoms with E-state index in [9.17, 15) is 9.50 Å². The smallest absolute Gasteiger partial charge is 0.191 e. The van der Waals surface area contributed by atoms with E-state index in [4.69, 9.17) is 0 Å². The molecule has 0 aliphatic heterocycles. The number of hydrogen-bond acceptors (Lipinski definition) is 3. The van der Waals surface area contributed by atoms with Crippen molar-refractivity contribution in [1.29, 1.82) is 0 Å². The van der Waals surface area contributed by atoms with Gasteiger partial charge in [0, 0.05) is 24.3 Å². The van der Waals surface area contributed by atoms with Crippen LogP contribution in [0.4, 0.5) is 4.39 Å². The number of aromatic nitrogens is 2. The lowest BCUT2D eigenvalue weighted by Gasteiger charge is -2.16. The zero-order valence-electron chi connectivity index (χ0n) is 17.6. The van der Waals surface area contributed by atoms with Gasteiger partial charge >= 0.3 is 0 Å². The number of guanidine groups is 1.